The van der Waals surface area contributed by atoms with Gasteiger partial charge in [0.05, 0.1) is 19.8 Å². The van der Waals surface area contributed by atoms with Gasteiger partial charge >= 0.3 is 0 Å². The van der Waals surface area contributed by atoms with Gasteiger partial charge in [0.25, 0.3) is 0 Å². The number of para-hydroxylation sites is 2. The Kier molecular flexibility index (Phi) is 9.61. The third kappa shape index (κ3) is 8.55. The summed E-state index contributed by atoms with van der Waals surface area (Å²) >= 11 is 0. The Labute approximate surface area is 128 Å². The lowest BCUT2D eigenvalue weighted by Crippen LogP contribution is -2.26. The summed E-state index contributed by atoms with van der Waals surface area (Å²) in [5.74, 6) is 1.59. The van der Waals surface area contributed by atoms with E-state index in [-0.39, 0.29) is 0 Å². The van der Waals surface area contributed by atoms with E-state index in [2.05, 4.69) is 10.2 Å². The summed E-state index contributed by atoms with van der Waals surface area (Å²) in [5.41, 5.74) is 0. The largest absolute Gasteiger partial charge is 0.490 e. The third-order valence-electron chi connectivity index (χ3n) is 2.79. The first-order valence-electron chi connectivity index (χ1n) is 7.52. The fourth-order valence-electron chi connectivity index (χ4n) is 1.70. The molecule has 1 N–H and O–H groups in total. The van der Waals surface area contributed by atoms with Gasteiger partial charge in [0, 0.05) is 19.6 Å². The van der Waals surface area contributed by atoms with Crippen molar-refractivity contribution in [2.75, 3.05) is 60.2 Å². The zero-order valence-electron chi connectivity index (χ0n) is 13.4. The molecular formula is C16H28N2O3. The number of nitrogens with one attached hydrogen (secondary N) is 1. The van der Waals surface area contributed by atoms with Crippen molar-refractivity contribution in [3.63, 3.8) is 0 Å². The van der Waals surface area contributed by atoms with Gasteiger partial charge in [-0.2, -0.15) is 0 Å². The molecule has 120 valence electrons. The normalized spacial score (nSPS) is 10.9. The summed E-state index contributed by atoms with van der Waals surface area (Å²) < 4.78 is 16.7. The maximum atomic E-state index is 5.71. The van der Waals surface area contributed by atoms with Crippen LogP contribution in [0.2, 0.25) is 0 Å². The number of likely N-dealkylation sites (N-methyl/N-ethyl adjacent to an activating group) is 1. The molecule has 1 aromatic rings. The molecule has 0 amide bonds. The number of hydrogen-bond donors (Lipinski definition) is 1. The molecule has 0 bridgehead atoms. The van der Waals surface area contributed by atoms with Gasteiger partial charge in [0.2, 0.25) is 0 Å². The first-order valence-corrected chi connectivity index (χ1v) is 7.52. The van der Waals surface area contributed by atoms with Crippen LogP contribution < -0.4 is 14.8 Å². The van der Waals surface area contributed by atoms with Crippen LogP contribution in [0.25, 0.3) is 0 Å². The van der Waals surface area contributed by atoms with Crippen molar-refractivity contribution >= 4 is 0 Å². The average Bonchev–Trinajstić information content (AvgIpc) is 2.47. The van der Waals surface area contributed by atoms with Crippen LogP contribution in [0, 0.1) is 0 Å². The molecule has 0 radical (unpaired) electrons. The van der Waals surface area contributed by atoms with E-state index in [1.165, 1.54) is 0 Å². The zero-order valence-corrected chi connectivity index (χ0v) is 13.4. The van der Waals surface area contributed by atoms with Crippen molar-refractivity contribution in [3.8, 4) is 11.5 Å². The van der Waals surface area contributed by atoms with Crippen LogP contribution in [0.4, 0.5) is 0 Å². The Hall–Kier alpha value is -1.30. The highest BCUT2D eigenvalue weighted by atomic mass is 16.5. The molecule has 0 saturated carbocycles. The van der Waals surface area contributed by atoms with Gasteiger partial charge in [-0.15, -0.1) is 0 Å². The van der Waals surface area contributed by atoms with Crippen LogP contribution in [0.1, 0.15) is 6.92 Å². The van der Waals surface area contributed by atoms with Crippen molar-refractivity contribution in [3.05, 3.63) is 24.3 Å². The molecule has 5 nitrogen and oxygen atoms in total. The third-order valence-corrected chi connectivity index (χ3v) is 2.79. The quantitative estimate of drug-likeness (QED) is 0.594. The molecule has 0 unspecified atom stereocenters. The minimum atomic E-state index is 0.613. The molecule has 0 aliphatic carbocycles. The maximum absolute atomic E-state index is 5.71. The van der Waals surface area contributed by atoms with E-state index in [1.807, 2.05) is 45.3 Å². The zero-order chi connectivity index (χ0) is 15.3. The highest BCUT2D eigenvalue weighted by Gasteiger charge is 2.02. The Bertz CT molecular complexity index is 372. The maximum Gasteiger partial charge on any atom is 0.161 e. The fraction of sp³-hybridized carbons (Fsp3) is 0.625. The van der Waals surface area contributed by atoms with E-state index >= 15 is 0 Å². The summed E-state index contributed by atoms with van der Waals surface area (Å²) in [6.45, 7) is 7.30. The predicted octanol–water partition coefficient (Wildman–Crippen LogP) is 1.63. The second-order valence-electron chi connectivity index (χ2n) is 4.89. The molecule has 0 atom stereocenters. The number of hydrogen-bond acceptors (Lipinski definition) is 5. The molecule has 21 heavy (non-hydrogen) atoms. The molecule has 0 aromatic heterocycles. The molecule has 0 heterocycles. The number of benzene rings is 1. The molecule has 0 aliphatic rings. The van der Waals surface area contributed by atoms with E-state index in [0.29, 0.717) is 13.2 Å². The van der Waals surface area contributed by atoms with E-state index < -0.39 is 0 Å². The highest BCUT2D eigenvalue weighted by Crippen LogP contribution is 2.25. The molecule has 0 spiro atoms. The summed E-state index contributed by atoms with van der Waals surface area (Å²) in [5, 5.41) is 3.29. The summed E-state index contributed by atoms with van der Waals surface area (Å²) in [6.07, 6.45) is 0. The SMILES string of the molecule is CCOc1ccccc1OCCNCCOCCN(C)C. The minimum Gasteiger partial charge on any atom is -0.490 e. The number of ether oxygens (including phenoxy) is 3. The Morgan fingerprint density at radius 2 is 1.62 bits per heavy atom. The lowest BCUT2D eigenvalue weighted by Gasteiger charge is -2.12. The highest BCUT2D eigenvalue weighted by molar-refractivity contribution is 5.39. The van der Waals surface area contributed by atoms with Crippen molar-refractivity contribution in [2.24, 2.45) is 0 Å². The van der Waals surface area contributed by atoms with Crippen LogP contribution in [0.5, 0.6) is 11.5 Å². The number of nitrogens with zero attached hydrogens (tertiary/aromatic N) is 1. The molecule has 0 aliphatic heterocycles. The van der Waals surface area contributed by atoms with Gasteiger partial charge in [-0.3, -0.25) is 0 Å². The van der Waals surface area contributed by atoms with Gasteiger partial charge in [-0.1, -0.05) is 12.1 Å². The van der Waals surface area contributed by atoms with E-state index in [4.69, 9.17) is 14.2 Å². The molecule has 1 aromatic carbocycles. The lowest BCUT2D eigenvalue weighted by atomic mass is 10.3. The smallest absolute Gasteiger partial charge is 0.161 e. The second-order valence-corrected chi connectivity index (χ2v) is 4.89. The van der Waals surface area contributed by atoms with Crippen molar-refractivity contribution in [1.82, 2.24) is 10.2 Å². The van der Waals surface area contributed by atoms with E-state index in [1.54, 1.807) is 0 Å². The van der Waals surface area contributed by atoms with E-state index in [9.17, 15) is 0 Å². The Balaban J connectivity index is 2.04. The summed E-state index contributed by atoms with van der Waals surface area (Å²) in [6, 6.07) is 7.74. The van der Waals surface area contributed by atoms with Crippen LogP contribution in [-0.4, -0.2) is 65.1 Å². The molecule has 1 rings (SSSR count). The number of rotatable bonds is 12. The molecular weight excluding hydrogens is 268 g/mol. The molecule has 0 fully saturated rings. The fourth-order valence-corrected chi connectivity index (χ4v) is 1.70. The topological polar surface area (TPSA) is 43.0 Å². The molecule has 5 heteroatoms. The van der Waals surface area contributed by atoms with Crippen LogP contribution in [-0.2, 0) is 4.74 Å². The first kappa shape index (κ1) is 17.8. The minimum absolute atomic E-state index is 0.613. The van der Waals surface area contributed by atoms with Gasteiger partial charge in [0.1, 0.15) is 6.61 Å². The van der Waals surface area contributed by atoms with Crippen LogP contribution in [0.15, 0.2) is 24.3 Å². The van der Waals surface area contributed by atoms with Crippen molar-refractivity contribution in [2.45, 2.75) is 6.92 Å². The first-order chi connectivity index (χ1) is 10.2. The Morgan fingerprint density at radius 3 is 2.29 bits per heavy atom. The van der Waals surface area contributed by atoms with Crippen LogP contribution in [0.3, 0.4) is 0 Å². The Morgan fingerprint density at radius 1 is 0.952 bits per heavy atom. The monoisotopic (exact) mass is 296 g/mol. The lowest BCUT2D eigenvalue weighted by molar-refractivity contribution is 0.118. The van der Waals surface area contributed by atoms with Gasteiger partial charge in [-0.05, 0) is 33.2 Å². The van der Waals surface area contributed by atoms with Crippen LogP contribution >= 0.6 is 0 Å². The van der Waals surface area contributed by atoms with Crippen molar-refractivity contribution in [1.29, 1.82) is 0 Å². The van der Waals surface area contributed by atoms with Gasteiger partial charge < -0.3 is 24.4 Å². The second kappa shape index (κ2) is 11.4. The summed E-state index contributed by atoms with van der Waals surface area (Å²) in [7, 11) is 4.08. The standard InChI is InChI=1S/C16H28N2O3/c1-4-20-15-7-5-6-8-16(15)21-13-10-17-9-12-19-14-11-18(2)3/h5-8,17H,4,9-14H2,1-3H3. The molecule has 0 saturated heterocycles. The van der Waals surface area contributed by atoms with E-state index in [0.717, 1.165) is 44.3 Å². The predicted molar refractivity (Wildman–Crippen MR) is 85.3 cm³/mol. The van der Waals surface area contributed by atoms with Gasteiger partial charge in [0.15, 0.2) is 11.5 Å². The van der Waals surface area contributed by atoms with Crippen molar-refractivity contribution < 1.29 is 14.2 Å². The average molecular weight is 296 g/mol. The summed E-state index contributed by atoms with van der Waals surface area (Å²) in [4.78, 5) is 2.11. The van der Waals surface area contributed by atoms with Gasteiger partial charge in [-0.25, -0.2) is 0 Å².